The number of carbonyl (C=O) groups excluding carboxylic acids is 1. The Hall–Kier alpha value is -0.650. The molecule has 2 N–H and O–H groups in total. The van der Waals surface area contributed by atoms with E-state index >= 15 is 0 Å². The van der Waals surface area contributed by atoms with Crippen LogP contribution in [0.3, 0.4) is 0 Å². The maximum atomic E-state index is 11.6. The highest BCUT2D eigenvalue weighted by Gasteiger charge is 2.12. The Morgan fingerprint density at radius 2 is 1.88 bits per heavy atom. The van der Waals surface area contributed by atoms with Gasteiger partial charge in [0.1, 0.15) is 0 Å². The van der Waals surface area contributed by atoms with Crippen LogP contribution in [0.5, 0.6) is 0 Å². The molecule has 5 heteroatoms. The van der Waals surface area contributed by atoms with Gasteiger partial charge >= 0.3 is 0 Å². The van der Waals surface area contributed by atoms with E-state index < -0.39 is 0 Å². The first-order valence-corrected chi connectivity index (χ1v) is 6.50. The van der Waals surface area contributed by atoms with E-state index in [2.05, 4.69) is 10.2 Å². The summed E-state index contributed by atoms with van der Waals surface area (Å²) in [6.45, 7) is 3.92. The summed E-state index contributed by atoms with van der Waals surface area (Å²) in [5.74, 6) is 0.0690. The van der Waals surface area contributed by atoms with Crippen molar-refractivity contribution in [3.63, 3.8) is 0 Å². The number of aliphatic hydroxyl groups is 1. The van der Waals surface area contributed by atoms with E-state index in [9.17, 15) is 4.79 Å². The molecular weight excluding hydrogens is 220 g/mol. The Balaban J connectivity index is 2.03. The average Bonchev–Trinajstić information content (AvgIpc) is 2.57. The van der Waals surface area contributed by atoms with Gasteiger partial charge < -0.3 is 15.2 Å². The summed E-state index contributed by atoms with van der Waals surface area (Å²) in [5, 5.41) is 11.3. The highest BCUT2D eigenvalue weighted by atomic mass is 16.5. The van der Waals surface area contributed by atoms with Gasteiger partial charge in [-0.25, -0.2) is 0 Å². The zero-order valence-corrected chi connectivity index (χ0v) is 10.5. The molecule has 17 heavy (non-hydrogen) atoms. The molecule has 1 amide bonds. The summed E-state index contributed by atoms with van der Waals surface area (Å²) < 4.78 is 5.06. The second-order valence-corrected chi connectivity index (χ2v) is 4.38. The van der Waals surface area contributed by atoms with Gasteiger partial charge in [0, 0.05) is 6.54 Å². The minimum atomic E-state index is 0.0295. The van der Waals surface area contributed by atoms with Gasteiger partial charge in [0.05, 0.1) is 26.4 Å². The van der Waals surface area contributed by atoms with Crippen molar-refractivity contribution in [1.82, 2.24) is 10.2 Å². The third-order valence-electron chi connectivity index (χ3n) is 2.87. The van der Waals surface area contributed by atoms with Crippen molar-refractivity contribution in [2.75, 3.05) is 46.0 Å². The van der Waals surface area contributed by atoms with Crippen molar-refractivity contribution in [2.24, 2.45) is 0 Å². The lowest BCUT2D eigenvalue weighted by atomic mass is 10.2. The van der Waals surface area contributed by atoms with Crippen molar-refractivity contribution >= 4 is 5.91 Å². The van der Waals surface area contributed by atoms with Crippen molar-refractivity contribution in [3.05, 3.63) is 0 Å². The Bertz CT molecular complexity index is 204. The van der Waals surface area contributed by atoms with Crippen LogP contribution in [0.25, 0.3) is 0 Å². The maximum Gasteiger partial charge on any atom is 0.234 e. The number of nitrogens with one attached hydrogen (secondary N) is 1. The summed E-state index contributed by atoms with van der Waals surface area (Å²) in [5.41, 5.74) is 0. The second-order valence-electron chi connectivity index (χ2n) is 4.38. The quantitative estimate of drug-likeness (QED) is 0.618. The van der Waals surface area contributed by atoms with E-state index in [4.69, 9.17) is 9.84 Å². The number of ether oxygens (including phenoxy) is 1. The van der Waals surface area contributed by atoms with Crippen LogP contribution in [0.4, 0.5) is 0 Å². The number of rotatable bonds is 7. The molecule has 1 heterocycles. The predicted octanol–water partition coefficient (Wildman–Crippen LogP) is -0.0125. The monoisotopic (exact) mass is 244 g/mol. The summed E-state index contributed by atoms with van der Waals surface area (Å²) in [6.07, 6.45) is 4.97. The molecule has 0 aromatic rings. The van der Waals surface area contributed by atoms with Crippen LogP contribution < -0.4 is 5.32 Å². The van der Waals surface area contributed by atoms with Gasteiger partial charge in [-0.3, -0.25) is 9.69 Å². The van der Waals surface area contributed by atoms with Crippen molar-refractivity contribution < 1.29 is 14.6 Å². The Morgan fingerprint density at radius 3 is 2.53 bits per heavy atom. The highest BCUT2D eigenvalue weighted by molar-refractivity contribution is 5.77. The lowest BCUT2D eigenvalue weighted by molar-refractivity contribution is -0.122. The Kier molecular flexibility index (Phi) is 7.96. The number of amides is 1. The summed E-state index contributed by atoms with van der Waals surface area (Å²) in [6, 6.07) is 0. The number of aliphatic hydroxyl groups excluding tert-OH is 1. The van der Waals surface area contributed by atoms with Crippen LogP contribution >= 0.6 is 0 Å². The zero-order chi connectivity index (χ0) is 12.3. The van der Waals surface area contributed by atoms with Crippen LogP contribution in [0.2, 0.25) is 0 Å². The second kappa shape index (κ2) is 9.39. The average molecular weight is 244 g/mol. The maximum absolute atomic E-state index is 11.6. The summed E-state index contributed by atoms with van der Waals surface area (Å²) in [4.78, 5) is 13.8. The molecule has 0 aromatic heterocycles. The summed E-state index contributed by atoms with van der Waals surface area (Å²) in [7, 11) is 0. The molecule has 0 bridgehead atoms. The van der Waals surface area contributed by atoms with E-state index in [0.29, 0.717) is 26.3 Å². The standard InChI is InChI=1S/C12H24N2O3/c15-8-10-17-9-5-13-12(16)11-14-6-3-1-2-4-7-14/h15H,1-11H2,(H,13,16). The van der Waals surface area contributed by atoms with Gasteiger partial charge in [-0.05, 0) is 25.9 Å². The molecule has 0 unspecified atom stereocenters. The number of hydrogen-bond donors (Lipinski definition) is 2. The molecule has 1 aliphatic heterocycles. The molecule has 0 radical (unpaired) electrons. The minimum Gasteiger partial charge on any atom is -0.394 e. The normalized spacial score (nSPS) is 17.7. The lowest BCUT2D eigenvalue weighted by Gasteiger charge is -2.18. The highest BCUT2D eigenvalue weighted by Crippen LogP contribution is 2.08. The fourth-order valence-electron chi connectivity index (χ4n) is 1.98. The first-order valence-electron chi connectivity index (χ1n) is 6.50. The third kappa shape index (κ3) is 7.31. The first-order chi connectivity index (χ1) is 8.33. The van der Waals surface area contributed by atoms with Gasteiger partial charge in [-0.2, -0.15) is 0 Å². The SMILES string of the molecule is O=C(CN1CCCCCC1)NCCOCCO. The Labute approximate surface area is 103 Å². The van der Waals surface area contributed by atoms with Crippen molar-refractivity contribution in [3.8, 4) is 0 Å². The van der Waals surface area contributed by atoms with Gasteiger partial charge in [0.15, 0.2) is 0 Å². The molecule has 1 rings (SSSR count). The molecule has 0 saturated carbocycles. The van der Waals surface area contributed by atoms with Crippen LogP contribution in [0.15, 0.2) is 0 Å². The van der Waals surface area contributed by atoms with Crippen LogP contribution in [0.1, 0.15) is 25.7 Å². The molecular formula is C12H24N2O3. The number of likely N-dealkylation sites (tertiary alicyclic amines) is 1. The number of nitrogens with zero attached hydrogens (tertiary/aromatic N) is 1. The predicted molar refractivity (Wildman–Crippen MR) is 65.8 cm³/mol. The smallest absolute Gasteiger partial charge is 0.234 e. The van der Waals surface area contributed by atoms with E-state index in [1.54, 1.807) is 0 Å². The van der Waals surface area contributed by atoms with Gasteiger partial charge in [0.2, 0.25) is 5.91 Å². The van der Waals surface area contributed by atoms with Crippen LogP contribution in [-0.4, -0.2) is 61.9 Å². The fraction of sp³-hybridized carbons (Fsp3) is 0.917. The molecule has 0 spiro atoms. The van der Waals surface area contributed by atoms with Crippen LogP contribution in [-0.2, 0) is 9.53 Å². The van der Waals surface area contributed by atoms with Gasteiger partial charge in [-0.15, -0.1) is 0 Å². The third-order valence-corrected chi connectivity index (χ3v) is 2.87. The van der Waals surface area contributed by atoms with Crippen molar-refractivity contribution in [1.29, 1.82) is 0 Å². The Morgan fingerprint density at radius 1 is 1.18 bits per heavy atom. The minimum absolute atomic E-state index is 0.0295. The molecule has 1 fully saturated rings. The molecule has 1 aliphatic rings. The van der Waals surface area contributed by atoms with E-state index in [-0.39, 0.29) is 12.5 Å². The van der Waals surface area contributed by atoms with E-state index in [1.807, 2.05) is 0 Å². The molecule has 1 saturated heterocycles. The number of carbonyl (C=O) groups is 1. The van der Waals surface area contributed by atoms with Crippen molar-refractivity contribution in [2.45, 2.75) is 25.7 Å². The first kappa shape index (κ1) is 14.4. The molecule has 0 aromatic carbocycles. The van der Waals surface area contributed by atoms with E-state index in [0.717, 1.165) is 13.1 Å². The molecule has 0 atom stereocenters. The largest absolute Gasteiger partial charge is 0.394 e. The topological polar surface area (TPSA) is 61.8 Å². The fourth-order valence-corrected chi connectivity index (χ4v) is 1.98. The lowest BCUT2D eigenvalue weighted by Crippen LogP contribution is -2.38. The van der Waals surface area contributed by atoms with Gasteiger partial charge in [0.25, 0.3) is 0 Å². The number of hydrogen-bond acceptors (Lipinski definition) is 4. The van der Waals surface area contributed by atoms with E-state index in [1.165, 1.54) is 25.7 Å². The molecule has 0 aliphatic carbocycles. The van der Waals surface area contributed by atoms with Crippen LogP contribution in [0, 0.1) is 0 Å². The van der Waals surface area contributed by atoms with Gasteiger partial charge in [-0.1, -0.05) is 12.8 Å². The molecule has 5 nitrogen and oxygen atoms in total. The zero-order valence-electron chi connectivity index (χ0n) is 10.5. The summed E-state index contributed by atoms with van der Waals surface area (Å²) >= 11 is 0. The molecule has 100 valence electrons.